The Morgan fingerprint density at radius 1 is 0.821 bits per heavy atom. The van der Waals surface area contributed by atoms with E-state index in [1.165, 1.54) is 0 Å². The van der Waals surface area contributed by atoms with Gasteiger partial charge >= 0.3 is 6.01 Å². The van der Waals surface area contributed by atoms with Crippen molar-refractivity contribution in [3.8, 4) is 40.0 Å². The van der Waals surface area contributed by atoms with Gasteiger partial charge in [-0.15, -0.1) is 10.2 Å². The minimum atomic E-state index is 0.198. The number of nitrogens with zero attached hydrogens (tertiary/aromatic N) is 5. The zero-order valence-electron chi connectivity index (χ0n) is 15.8. The first-order valence-electron chi connectivity index (χ1n) is 8.78. The number of hydrogen-bond acceptors (Lipinski definition) is 7. The second-order valence-corrected chi connectivity index (χ2v) is 5.89. The molecule has 0 aliphatic rings. The second kappa shape index (κ2) is 7.51. The van der Waals surface area contributed by atoms with Crippen LogP contribution in [0.5, 0.6) is 17.5 Å². The molecular formula is C20H19N5O3. The van der Waals surface area contributed by atoms with Crippen LogP contribution in [0, 0.1) is 0 Å². The topological polar surface area (TPSA) is 83.7 Å². The molecule has 0 N–H and O–H groups in total. The number of aromatic nitrogens is 5. The average Bonchev–Trinajstić information content (AvgIpc) is 3.13. The van der Waals surface area contributed by atoms with Crippen molar-refractivity contribution >= 4 is 5.78 Å². The van der Waals surface area contributed by atoms with Gasteiger partial charge in [0.2, 0.25) is 0 Å². The molecule has 28 heavy (non-hydrogen) atoms. The molecule has 0 unspecified atom stereocenters. The van der Waals surface area contributed by atoms with Gasteiger partial charge in [0.05, 0.1) is 20.8 Å². The van der Waals surface area contributed by atoms with Gasteiger partial charge in [-0.05, 0) is 55.5 Å². The van der Waals surface area contributed by atoms with Crippen LogP contribution < -0.4 is 14.2 Å². The fraction of sp³-hybridized carbons (Fsp3) is 0.200. The molecule has 0 aliphatic carbocycles. The lowest BCUT2D eigenvalue weighted by atomic mass is 10.0. The molecule has 0 saturated carbocycles. The van der Waals surface area contributed by atoms with Crippen LogP contribution in [0.4, 0.5) is 0 Å². The van der Waals surface area contributed by atoms with Crippen LogP contribution in [0.25, 0.3) is 28.3 Å². The van der Waals surface area contributed by atoms with Crippen LogP contribution in [0.3, 0.4) is 0 Å². The highest BCUT2D eigenvalue weighted by Crippen LogP contribution is 2.33. The molecule has 0 bridgehead atoms. The number of ether oxygens (including phenoxy) is 3. The molecule has 2 aromatic heterocycles. The third-order valence-electron chi connectivity index (χ3n) is 4.25. The van der Waals surface area contributed by atoms with Gasteiger partial charge in [-0.3, -0.25) is 0 Å². The van der Waals surface area contributed by atoms with Gasteiger partial charge in [-0.25, -0.2) is 4.98 Å². The Morgan fingerprint density at radius 3 is 2.00 bits per heavy atom. The first-order chi connectivity index (χ1) is 13.7. The summed E-state index contributed by atoms with van der Waals surface area (Å²) in [5, 5.41) is 12.6. The number of fused-ring (bicyclic) bond motifs is 1. The average molecular weight is 377 g/mol. The van der Waals surface area contributed by atoms with Gasteiger partial charge < -0.3 is 14.2 Å². The highest BCUT2D eigenvalue weighted by Gasteiger charge is 2.19. The molecule has 142 valence electrons. The van der Waals surface area contributed by atoms with E-state index in [4.69, 9.17) is 14.2 Å². The lowest BCUT2D eigenvalue weighted by Gasteiger charge is -2.07. The van der Waals surface area contributed by atoms with Crippen LogP contribution in [0.1, 0.15) is 6.92 Å². The number of benzene rings is 2. The summed E-state index contributed by atoms with van der Waals surface area (Å²) in [5.74, 6) is 1.93. The van der Waals surface area contributed by atoms with E-state index >= 15 is 0 Å². The molecule has 2 heterocycles. The van der Waals surface area contributed by atoms with Gasteiger partial charge in [0.25, 0.3) is 5.78 Å². The van der Waals surface area contributed by atoms with Crippen LogP contribution in [0.15, 0.2) is 48.5 Å². The van der Waals surface area contributed by atoms with Crippen LogP contribution in [0.2, 0.25) is 0 Å². The SMILES string of the molecule is CCOc1nnc2nc(-c3ccc(OC)cc3)c(-c3ccc(OC)cc3)n2n1. The molecule has 0 spiro atoms. The van der Waals surface area contributed by atoms with Crippen molar-refractivity contribution in [1.29, 1.82) is 0 Å². The molecule has 8 nitrogen and oxygen atoms in total. The van der Waals surface area contributed by atoms with Crippen molar-refractivity contribution in [2.24, 2.45) is 0 Å². The van der Waals surface area contributed by atoms with Gasteiger partial charge in [0, 0.05) is 11.1 Å². The standard InChI is InChI=1S/C20H19N5O3/c1-4-28-20-23-22-19-21-17(13-5-9-15(26-2)10-6-13)18(25(19)24-20)14-7-11-16(27-3)12-8-14/h5-12H,4H2,1-3H3. The van der Waals surface area contributed by atoms with Crippen LogP contribution in [-0.2, 0) is 0 Å². The molecule has 0 saturated heterocycles. The Morgan fingerprint density at radius 2 is 1.43 bits per heavy atom. The summed E-state index contributed by atoms with van der Waals surface area (Å²) < 4.78 is 17.6. The van der Waals surface area contributed by atoms with Crippen LogP contribution >= 0.6 is 0 Å². The summed E-state index contributed by atoms with van der Waals surface area (Å²) in [6, 6.07) is 15.6. The van der Waals surface area contributed by atoms with Crippen molar-refractivity contribution in [1.82, 2.24) is 24.8 Å². The lowest BCUT2D eigenvalue weighted by molar-refractivity contribution is 0.301. The molecule has 0 amide bonds. The van der Waals surface area contributed by atoms with Crippen molar-refractivity contribution in [2.45, 2.75) is 6.92 Å². The minimum Gasteiger partial charge on any atom is -0.497 e. The van der Waals surface area contributed by atoms with E-state index in [9.17, 15) is 0 Å². The number of hydrogen-bond donors (Lipinski definition) is 0. The third-order valence-corrected chi connectivity index (χ3v) is 4.25. The summed E-state index contributed by atoms with van der Waals surface area (Å²) in [4.78, 5) is 4.66. The summed E-state index contributed by atoms with van der Waals surface area (Å²) in [6.07, 6.45) is 0. The Bertz CT molecular complexity index is 1090. The maximum absolute atomic E-state index is 5.42. The van der Waals surface area contributed by atoms with Crippen molar-refractivity contribution < 1.29 is 14.2 Å². The predicted molar refractivity (Wildman–Crippen MR) is 104 cm³/mol. The first-order valence-corrected chi connectivity index (χ1v) is 8.78. The maximum Gasteiger partial charge on any atom is 0.353 e. The summed E-state index contributed by atoms with van der Waals surface area (Å²) in [7, 11) is 3.27. The third kappa shape index (κ3) is 3.20. The van der Waals surface area contributed by atoms with Gasteiger partial charge in [0.15, 0.2) is 0 Å². The summed E-state index contributed by atoms with van der Waals surface area (Å²) in [6.45, 7) is 2.32. The Balaban J connectivity index is 1.93. The molecule has 0 radical (unpaired) electrons. The van der Waals surface area contributed by atoms with E-state index in [-0.39, 0.29) is 6.01 Å². The fourth-order valence-corrected chi connectivity index (χ4v) is 2.90. The lowest BCUT2D eigenvalue weighted by Crippen LogP contribution is -2.05. The highest BCUT2D eigenvalue weighted by molar-refractivity contribution is 5.81. The predicted octanol–water partition coefficient (Wildman–Crippen LogP) is 3.27. The normalized spacial score (nSPS) is 10.8. The molecular weight excluding hydrogens is 358 g/mol. The van der Waals surface area contributed by atoms with E-state index in [2.05, 4.69) is 20.3 Å². The first kappa shape index (κ1) is 17.7. The smallest absolute Gasteiger partial charge is 0.353 e. The minimum absolute atomic E-state index is 0.198. The van der Waals surface area contributed by atoms with Crippen LogP contribution in [-0.4, -0.2) is 45.6 Å². The highest BCUT2D eigenvalue weighted by atomic mass is 16.5. The zero-order chi connectivity index (χ0) is 19.5. The number of imidazole rings is 1. The molecule has 8 heteroatoms. The van der Waals surface area contributed by atoms with Crippen molar-refractivity contribution in [2.75, 3.05) is 20.8 Å². The largest absolute Gasteiger partial charge is 0.497 e. The van der Waals surface area contributed by atoms with Crippen molar-refractivity contribution in [3.63, 3.8) is 0 Å². The zero-order valence-corrected chi connectivity index (χ0v) is 15.8. The fourth-order valence-electron chi connectivity index (χ4n) is 2.90. The quantitative estimate of drug-likeness (QED) is 0.510. The second-order valence-electron chi connectivity index (χ2n) is 5.89. The molecule has 0 atom stereocenters. The number of rotatable bonds is 6. The summed E-state index contributed by atoms with van der Waals surface area (Å²) >= 11 is 0. The van der Waals surface area contributed by atoms with E-state index in [0.29, 0.717) is 12.4 Å². The number of methoxy groups -OCH3 is 2. The molecule has 4 rings (SSSR count). The molecule has 0 fully saturated rings. The van der Waals surface area contributed by atoms with Gasteiger partial charge in [-0.2, -0.15) is 4.52 Å². The van der Waals surface area contributed by atoms with E-state index in [0.717, 1.165) is 34.0 Å². The molecule has 4 aromatic rings. The maximum atomic E-state index is 5.42. The van der Waals surface area contributed by atoms with Crippen molar-refractivity contribution in [3.05, 3.63) is 48.5 Å². The Labute approximate surface area is 161 Å². The summed E-state index contributed by atoms with van der Waals surface area (Å²) in [5.41, 5.74) is 3.36. The van der Waals surface area contributed by atoms with E-state index in [1.54, 1.807) is 18.7 Å². The van der Waals surface area contributed by atoms with Gasteiger partial charge in [0.1, 0.15) is 22.9 Å². The van der Waals surface area contributed by atoms with E-state index in [1.807, 2.05) is 55.5 Å². The van der Waals surface area contributed by atoms with E-state index < -0.39 is 0 Å². The molecule has 0 aliphatic heterocycles. The molecule has 2 aromatic carbocycles. The Hall–Kier alpha value is -3.68. The monoisotopic (exact) mass is 377 g/mol. The Kier molecular flexibility index (Phi) is 4.76. The van der Waals surface area contributed by atoms with Gasteiger partial charge in [-0.1, -0.05) is 5.10 Å².